The van der Waals surface area contributed by atoms with Gasteiger partial charge in [0, 0.05) is 27.5 Å². The lowest BCUT2D eigenvalue weighted by molar-refractivity contribution is -0.0828. The Morgan fingerprint density at radius 3 is 1.58 bits per heavy atom. The molecule has 0 radical (unpaired) electrons. The van der Waals surface area contributed by atoms with Crippen LogP contribution >= 0.6 is 15.9 Å². The molecule has 2 rings (SSSR count). The van der Waals surface area contributed by atoms with Gasteiger partial charge < -0.3 is 28.4 Å². The minimum absolute atomic E-state index is 0.241. The van der Waals surface area contributed by atoms with Crippen LogP contribution in [-0.4, -0.2) is 49.8 Å². The summed E-state index contributed by atoms with van der Waals surface area (Å²) in [5.41, 5.74) is 0.456. The van der Waals surface area contributed by atoms with Crippen LogP contribution in [0.1, 0.15) is 133 Å². The molecule has 0 aromatic heterocycles. The van der Waals surface area contributed by atoms with Gasteiger partial charge in [0.15, 0.2) is 0 Å². The standard InChI is InChI=1S/C43H67BrO6/c1-18-39(8,9)48-29-41(12,13)50-36-27-33(44)37(46-17)26-32(36)43(15,21-4)23-22-30-24-35(45-16)31(42(14,19-2)20-3)25-34(30)49-40(10,11)28-47-38(5,6)7/h19,22-27H,2,18,20-21,28-29H2,1,3-17H3/b23-22+. The molecule has 2 atom stereocenters. The van der Waals surface area contributed by atoms with Gasteiger partial charge in [0.05, 0.1) is 43.1 Å². The third kappa shape index (κ3) is 11.8. The van der Waals surface area contributed by atoms with E-state index in [9.17, 15) is 0 Å². The van der Waals surface area contributed by atoms with E-state index in [1.54, 1.807) is 14.2 Å². The van der Waals surface area contributed by atoms with E-state index < -0.39 is 16.6 Å². The lowest BCUT2D eigenvalue weighted by Gasteiger charge is -2.35. The normalized spacial score (nSPS) is 15.4. The van der Waals surface area contributed by atoms with Crippen molar-refractivity contribution < 1.29 is 28.4 Å². The summed E-state index contributed by atoms with van der Waals surface area (Å²) in [6, 6.07) is 8.27. The first-order chi connectivity index (χ1) is 22.9. The Balaban J connectivity index is 2.77. The Morgan fingerprint density at radius 1 is 0.600 bits per heavy atom. The summed E-state index contributed by atoms with van der Waals surface area (Å²) in [4.78, 5) is 0. The fourth-order valence-corrected chi connectivity index (χ4v) is 5.75. The Labute approximate surface area is 313 Å². The van der Waals surface area contributed by atoms with Gasteiger partial charge in [-0.1, -0.05) is 52.8 Å². The van der Waals surface area contributed by atoms with Crippen LogP contribution in [0.25, 0.3) is 6.08 Å². The van der Waals surface area contributed by atoms with Crippen LogP contribution in [0.15, 0.2) is 47.5 Å². The van der Waals surface area contributed by atoms with E-state index in [2.05, 4.69) is 150 Å². The first kappa shape index (κ1) is 43.7. The molecule has 50 heavy (non-hydrogen) atoms. The van der Waals surface area contributed by atoms with E-state index in [4.69, 9.17) is 28.4 Å². The Kier molecular flexibility index (Phi) is 14.8. The molecule has 7 heteroatoms. The zero-order valence-corrected chi connectivity index (χ0v) is 35.7. The predicted octanol–water partition coefficient (Wildman–Crippen LogP) is 12.0. The fourth-order valence-electron chi connectivity index (χ4n) is 5.26. The molecule has 0 aliphatic carbocycles. The second-order valence-corrected chi connectivity index (χ2v) is 17.5. The number of rotatable bonds is 19. The molecule has 0 spiro atoms. The topological polar surface area (TPSA) is 55.4 Å². The van der Waals surface area contributed by atoms with Gasteiger partial charge in [-0.05, 0) is 122 Å². The van der Waals surface area contributed by atoms with Gasteiger partial charge in [0.2, 0.25) is 0 Å². The molecular weight excluding hydrogens is 692 g/mol. The van der Waals surface area contributed by atoms with E-state index in [0.717, 1.165) is 63.4 Å². The maximum Gasteiger partial charge on any atom is 0.133 e. The summed E-state index contributed by atoms with van der Waals surface area (Å²) >= 11 is 3.71. The van der Waals surface area contributed by atoms with Gasteiger partial charge in [0.1, 0.15) is 34.2 Å². The van der Waals surface area contributed by atoms with Gasteiger partial charge in [-0.3, -0.25) is 0 Å². The molecule has 0 saturated heterocycles. The molecular formula is C43H67BrO6. The number of hydrogen-bond donors (Lipinski definition) is 0. The van der Waals surface area contributed by atoms with Crippen LogP contribution in [0.5, 0.6) is 23.0 Å². The molecule has 0 heterocycles. The monoisotopic (exact) mass is 758 g/mol. The van der Waals surface area contributed by atoms with Crippen molar-refractivity contribution >= 4 is 22.0 Å². The summed E-state index contributed by atoms with van der Waals surface area (Å²) in [6.45, 7) is 34.5. The molecule has 0 aliphatic heterocycles. The SMILES string of the molecule is C=CC(C)(CC)c1cc(OC(C)(C)COC(C)(C)C)c(/C=C/C(C)(CC)c2cc(OC)c(Br)cc2OC(C)(C)COC(C)(C)CC)cc1OC. The number of methoxy groups -OCH3 is 2. The largest absolute Gasteiger partial charge is 0.496 e. The number of allylic oxidation sites excluding steroid dienone is 2. The number of hydrogen-bond acceptors (Lipinski definition) is 6. The quantitative estimate of drug-likeness (QED) is 0.133. The molecule has 6 nitrogen and oxygen atoms in total. The summed E-state index contributed by atoms with van der Waals surface area (Å²) in [6.07, 6.45) is 8.93. The van der Waals surface area contributed by atoms with Crippen molar-refractivity contribution in [3.8, 4) is 23.0 Å². The number of ether oxygens (including phenoxy) is 6. The van der Waals surface area contributed by atoms with Gasteiger partial charge in [-0.2, -0.15) is 0 Å². The van der Waals surface area contributed by atoms with Gasteiger partial charge >= 0.3 is 0 Å². The second-order valence-electron chi connectivity index (χ2n) is 16.7. The lowest BCUT2D eigenvalue weighted by atomic mass is 9.77. The zero-order chi connectivity index (χ0) is 38.3. The van der Waals surface area contributed by atoms with Crippen LogP contribution in [0.4, 0.5) is 0 Å². The minimum Gasteiger partial charge on any atom is -0.496 e. The van der Waals surface area contributed by atoms with E-state index in [-0.39, 0.29) is 16.6 Å². The molecule has 0 fully saturated rings. The van der Waals surface area contributed by atoms with Crippen LogP contribution in [0, 0.1) is 0 Å². The summed E-state index contributed by atoms with van der Waals surface area (Å²) in [5.74, 6) is 3.04. The van der Waals surface area contributed by atoms with E-state index in [1.165, 1.54) is 0 Å². The van der Waals surface area contributed by atoms with Crippen molar-refractivity contribution in [3.63, 3.8) is 0 Å². The van der Waals surface area contributed by atoms with Gasteiger partial charge in [0.25, 0.3) is 0 Å². The van der Waals surface area contributed by atoms with Crippen molar-refractivity contribution in [1.82, 2.24) is 0 Å². The van der Waals surface area contributed by atoms with Crippen molar-refractivity contribution in [2.24, 2.45) is 0 Å². The molecule has 282 valence electrons. The van der Waals surface area contributed by atoms with Crippen LogP contribution in [-0.2, 0) is 20.3 Å². The fraction of sp³-hybridized carbons (Fsp3) is 0.628. The third-order valence-corrected chi connectivity index (χ3v) is 10.3. The van der Waals surface area contributed by atoms with Crippen LogP contribution < -0.4 is 18.9 Å². The molecule has 0 amide bonds. The molecule has 2 aromatic carbocycles. The highest BCUT2D eigenvalue weighted by Gasteiger charge is 2.33. The highest BCUT2D eigenvalue weighted by molar-refractivity contribution is 9.10. The molecule has 0 bridgehead atoms. The Hall–Kier alpha value is -2.48. The maximum atomic E-state index is 6.83. The third-order valence-electron chi connectivity index (χ3n) is 9.65. The minimum atomic E-state index is -0.605. The first-order valence-corrected chi connectivity index (χ1v) is 18.8. The van der Waals surface area contributed by atoms with E-state index in [1.807, 2.05) is 12.1 Å². The summed E-state index contributed by atoms with van der Waals surface area (Å²) in [5, 5.41) is 0. The van der Waals surface area contributed by atoms with Crippen molar-refractivity contribution in [2.75, 3.05) is 27.4 Å². The zero-order valence-electron chi connectivity index (χ0n) is 34.1. The lowest BCUT2D eigenvalue weighted by Crippen LogP contribution is -2.39. The number of halogens is 1. The smallest absolute Gasteiger partial charge is 0.133 e. The van der Waals surface area contributed by atoms with Gasteiger partial charge in [-0.25, -0.2) is 0 Å². The molecule has 0 aliphatic rings. The van der Waals surface area contributed by atoms with E-state index in [0.29, 0.717) is 13.2 Å². The highest BCUT2D eigenvalue weighted by atomic mass is 79.9. The van der Waals surface area contributed by atoms with Crippen LogP contribution in [0.3, 0.4) is 0 Å². The highest BCUT2D eigenvalue weighted by Crippen LogP contribution is 2.45. The van der Waals surface area contributed by atoms with Crippen molar-refractivity contribution in [3.05, 3.63) is 64.2 Å². The first-order valence-electron chi connectivity index (χ1n) is 18.0. The average Bonchev–Trinajstić information content (AvgIpc) is 3.04. The molecule has 0 N–H and O–H groups in total. The maximum absolute atomic E-state index is 6.83. The molecule has 2 unspecified atom stereocenters. The Bertz CT molecular complexity index is 1470. The summed E-state index contributed by atoms with van der Waals surface area (Å²) < 4.78 is 38.7. The van der Waals surface area contributed by atoms with Gasteiger partial charge in [-0.15, -0.1) is 6.58 Å². The predicted molar refractivity (Wildman–Crippen MR) is 214 cm³/mol. The second kappa shape index (κ2) is 16.9. The van der Waals surface area contributed by atoms with Crippen molar-refractivity contribution in [2.45, 2.75) is 149 Å². The van der Waals surface area contributed by atoms with Crippen LogP contribution in [0.2, 0.25) is 0 Å². The summed E-state index contributed by atoms with van der Waals surface area (Å²) in [7, 11) is 3.40. The Morgan fingerprint density at radius 2 is 1.10 bits per heavy atom. The number of benzene rings is 2. The molecule has 2 aromatic rings. The molecule has 0 saturated carbocycles. The van der Waals surface area contributed by atoms with E-state index >= 15 is 0 Å². The average molecular weight is 760 g/mol. The van der Waals surface area contributed by atoms with Crippen molar-refractivity contribution in [1.29, 1.82) is 0 Å².